The SMILES string of the molecule is CCCCCCC(C)(C)c1cc(O)c2c(c1)OC(C)(C)[C@H]1CC[C@H](O)C[C@H]21. The fourth-order valence-electron chi connectivity index (χ4n) is 5.26. The zero-order chi connectivity index (χ0) is 19.8. The molecular weight excluding hydrogens is 336 g/mol. The maximum atomic E-state index is 10.9. The van der Waals surface area contributed by atoms with Crippen molar-refractivity contribution in [2.24, 2.45) is 5.92 Å². The van der Waals surface area contributed by atoms with E-state index in [0.29, 0.717) is 11.7 Å². The largest absolute Gasteiger partial charge is 0.508 e. The van der Waals surface area contributed by atoms with E-state index in [9.17, 15) is 10.2 Å². The van der Waals surface area contributed by atoms with E-state index in [4.69, 9.17) is 4.74 Å². The Morgan fingerprint density at radius 2 is 1.89 bits per heavy atom. The minimum atomic E-state index is -0.276. The first-order valence-electron chi connectivity index (χ1n) is 10.9. The number of aliphatic hydroxyl groups is 1. The van der Waals surface area contributed by atoms with Gasteiger partial charge in [-0.1, -0.05) is 46.5 Å². The van der Waals surface area contributed by atoms with Crippen LogP contribution < -0.4 is 4.74 Å². The number of hydrogen-bond donors (Lipinski definition) is 2. The monoisotopic (exact) mass is 374 g/mol. The minimum Gasteiger partial charge on any atom is -0.508 e. The smallest absolute Gasteiger partial charge is 0.127 e. The molecule has 0 spiro atoms. The summed E-state index contributed by atoms with van der Waals surface area (Å²) < 4.78 is 6.44. The molecular formula is C24H38O3. The summed E-state index contributed by atoms with van der Waals surface area (Å²) in [5.41, 5.74) is 1.81. The molecule has 3 heteroatoms. The van der Waals surface area contributed by atoms with Crippen LogP contribution in [0.25, 0.3) is 0 Å². The Kier molecular flexibility index (Phi) is 5.82. The Balaban J connectivity index is 1.91. The van der Waals surface area contributed by atoms with Crippen molar-refractivity contribution >= 4 is 0 Å². The van der Waals surface area contributed by atoms with Crippen molar-refractivity contribution in [1.29, 1.82) is 0 Å². The molecule has 1 aromatic carbocycles. The van der Waals surface area contributed by atoms with Crippen LogP contribution in [0.1, 0.15) is 103 Å². The van der Waals surface area contributed by atoms with Gasteiger partial charge in [-0.15, -0.1) is 0 Å². The van der Waals surface area contributed by atoms with E-state index in [1.807, 2.05) is 6.07 Å². The van der Waals surface area contributed by atoms with Crippen molar-refractivity contribution in [2.45, 2.75) is 109 Å². The molecule has 0 bridgehead atoms. The number of phenolic OH excluding ortho intramolecular Hbond substituents is 1. The van der Waals surface area contributed by atoms with Gasteiger partial charge in [-0.3, -0.25) is 0 Å². The van der Waals surface area contributed by atoms with Crippen LogP contribution in [0.15, 0.2) is 12.1 Å². The van der Waals surface area contributed by atoms with Crippen molar-refractivity contribution < 1.29 is 14.9 Å². The molecule has 2 aliphatic rings. The van der Waals surface area contributed by atoms with E-state index >= 15 is 0 Å². The molecule has 1 aliphatic heterocycles. The molecule has 3 atom stereocenters. The Morgan fingerprint density at radius 3 is 2.59 bits per heavy atom. The molecule has 0 amide bonds. The van der Waals surface area contributed by atoms with Crippen LogP contribution in [-0.2, 0) is 5.41 Å². The van der Waals surface area contributed by atoms with Crippen molar-refractivity contribution in [1.82, 2.24) is 0 Å². The van der Waals surface area contributed by atoms with Crippen molar-refractivity contribution in [2.75, 3.05) is 0 Å². The molecule has 3 rings (SSSR count). The zero-order valence-electron chi connectivity index (χ0n) is 17.8. The molecule has 3 nitrogen and oxygen atoms in total. The molecule has 0 unspecified atom stereocenters. The highest BCUT2D eigenvalue weighted by Gasteiger charge is 2.47. The first kappa shape index (κ1) is 20.5. The lowest BCUT2D eigenvalue weighted by Gasteiger charge is -2.48. The van der Waals surface area contributed by atoms with Crippen molar-refractivity contribution in [3.63, 3.8) is 0 Å². The number of benzene rings is 1. The topological polar surface area (TPSA) is 49.7 Å². The molecule has 27 heavy (non-hydrogen) atoms. The quantitative estimate of drug-likeness (QED) is 0.595. The standard InChI is InChI=1S/C24H38O3/c1-6-7-8-9-12-23(2,3)16-13-20(26)22-18-15-17(25)10-11-19(18)24(4,5)27-21(22)14-16/h13-14,17-19,25-26H,6-12,15H2,1-5H3/t17-,18-,19-/m0/s1. The van der Waals surface area contributed by atoms with Crippen LogP contribution in [0.3, 0.4) is 0 Å². The third-order valence-electron chi connectivity index (χ3n) is 7.02. The first-order chi connectivity index (χ1) is 12.7. The third-order valence-corrected chi connectivity index (χ3v) is 7.02. The molecule has 0 saturated heterocycles. The molecule has 1 aromatic rings. The summed E-state index contributed by atoms with van der Waals surface area (Å²) in [7, 11) is 0. The molecule has 1 heterocycles. The number of aliphatic hydroxyl groups excluding tert-OH is 1. The molecule has 1 fully saturated rings. The van der Waals surface area contributed by atoms with E-state index in [1.165, 1.54) is 25.7 Å². The summed E-state index contributed by atoms with van der Waals surface area (Å²) in [5, 5.41) is 21.2. The van der Waals surface area contributed by atoms with E-state index in [-0.39, 0.29) is 23.0 Å². The average molecular weight is 375 g/mol. The second-order valence-electron chi connectivity index (χ2n) is 9.99. The summed E-state index contributed by atoms with van der Waals surface area (Å²) in [6, 6.07) is 4.12. The van der Waals surface area contributed by atoms with Gasteiger partial charge in [0, 0.05) is 17.4 Å². The zero-order valence-corrected chi connectivity index (χ0v) is 17.8. The predicted octanol–water partition coefficient (Wildman–Crippen LogP) is 6.06. The van der Waals surface area contributed by atoms with Crippen LogP contribution >= 0.6 is 0 Å². The van der Waals surface area contributed by atoms with Crippen LogP contribution in [0.2, 0.25) is 0 Å². The van der Waals surface area contributed by atoms with Gasteiger partial charge in [0.25, 0.3) is 0 Å². The number of unbranched alkanes of at least 4 members (excludes halogenated alkanes) is 3. The van der Waals surface area contributed by atoms with Crippen LogP contribution in [0.4, 0.5) is 0 Å². The fourth-order valence-corrected chi connectivity index (χ4v) is 5.26. The van der Waals surface area contributed by atoms with E-state index in [0.717, 1.165) is 42.6 Å². The lowest BCUT2D eigenvalue weighted by atomic mass is 9.65. The molecule has 1 saturated carbocycles. The molecule has 152 valence electrons. The van der Waals surface area contributed by atoms with Gasteiger partial charge in [0.15, 0.2) is 0 Å². The number of hydrogen-bond acceptors (Lipinski definition) is 3. The Hall–Kier alpha value is -1.22. The van der Waals surface area contributed by atoms with Gasteiger partial charge in [0.1, 0.15) is 17.1 Å². The minimum absolute atomic E-state index is 0.0106. The number of ether oxygens (including phenoxy) is 1. The summed E-state index contributed by atoms with van der Waals surface area (Å²) in [4.78, 5) is 0. The number of rotatable bonds is 6. The van der Waals surface area contributed by atoms with Gasteiger partial charge in [0.2, 0.25) is 0 Å². The van der Waals surface area contributed by atoms with Gasteiger partial charge in [-0.05, 0) is 62.6 Å². The normalized spacial score (nSPS) is 26.8. The van der Waals surface area contributed by atoms with Gasteiger partial charge in [-0.25, -0.2) is 0 Å². The number of phenols is 1. The maximum absolute atomic E-state index is 10.9. The Labute approximate surface area is 165 Å². The van der Waals surface area contributed by atoms with Gasteiger partial charge >= 0.3 is 0 Å². The van der Waals surface area contributed by atoms with E-state index < -0.39 is 0 Å². The Bertz CT molecular complexity index is 662. The summed E-state index contributed by atoms with van der Waals surface area (Å²) >= 11 is 0. The summed E-state index contributed by atoms with van der Waals surface area (Å²) in [6.45, 7) is 11.1. The fraction of sp³-hybridized carbons (Fsp3) is 0.750. The first-order valence-corrected chi connectivity index (χ1v) is 10.9. The number of fused-ring (bicyclic) bond motifs is 3. The van der Waals surface area contributed by atoms with Crippen molar-refractivity contribution in [3.05, 3.63) is 23.3 Å². The predicted molar refractivity (Wildman–Crippen MR) is 111 cm³/mol. The van der Waals surface area contributed by atoms with Gasteiger partial charge in [-0.2, -0.15) is 0 Å². The van der Waals surface area contributed by atoms with Crippen molar-refractivity contribution in [3.8, 4) is 11.5 Å². The second-order valence-corrected chi connectivity index (χ2v) is 9.99. The van der Waals surface area contributed by atoms with Crippen LogP contribution in [0.5, 0.6) is 11.5 Å². The van der Waals surface area contributed by atoms with Crippen LogP contribution in [0, 0.1) is 5.92 Å². The van der Waals surface area contributed by atoms with Gasteiger partial charge in [0.05, 0.1) is 6.10 Å². The van der Waals surface area contributed by atoms with E-state index in [1.54, 1.807) is 0 Å². The highest BCUT2D eigenvalue weighted by molar-refractivity contribution is 5.53. The maximum Gasteiger partial charge on any atom is 0.127 e. The number of aromatic hydroxyl groups is 1. The van der Waals surface area contributed by atoms with Gasteiger partial charge < -0.3 is 14.9 Å². The average Bonchev–Trinajstić information content (AvgIpc) is 2.57. The lowest BCUT2D eigenvalue weighted by molar-refractivity contribution is -0.0318. The Morgan fingerprint density at radius 1 is 1.15 bits per heavy atom. The molecule has 0 aromatic heterocycles. The lowest BCUT2D eigenvalue weighted by Crippen LogP contribution is -2.47. The third kappa shape index (κ3) is 4.13. The second kappa shape index (κ2) is 7.66. The van der Waals surface area contributed by atoms with E-state index in [2.05, 4.69) is 40.7 Å². The summed E-state index contributed by atoms with van der Waals surface area (Å²) in [6.07, 6.45) is 8.34. The molecule has 1 aliphatic carbocycles. The summed E-state index contributed by atoms with van der Waals surface area (Å²) in [5.74, 6) is 1.69. The molecule has 0 radical (unpaired) electrons. The highest BCUT2D eigenvalue weighted by Crippen LogP contribution is 2.55. The molecule has 2 N–H and O–H groups in total. The highest BCUT2D eigenvalue weighted by atomic mass is 16.5. The van der Waals surface area contributed by atoms with Crippen LogP contribution in [-0.4, -0.2) is 21.9 Å².